The van der Waals surface area contributed by atoms with Gasteiger partial charge in [0.2, 0.25) is 11.6 Å². The number of anilines is 2. The van der Waals surface area contributed by atoms with Crippen molar-refractivity contribution in [2.24, 2.45) is 0 Å². The van der Waals surface area contributed by atoms with Crippen LogP contribution in [0.3, 0.4) is 0 Å². The lowest BCUT2D eigenvalue weighted by atomic mass is 10.2. The van der Waals surface area contributed by atoms with Gasteiger partial charge in [-0.2, -0.15) is 0 Å². The molecule has 88 valence electrons. The van der Waals surface area contributed by atoms with Crippen molar-refractivity contribution in [3.05, 3.63) is 16.4 Å². The Morgan fingerprint density at radius 2 is 2.38 bits per heavy atom. The van der Waals surface area contributed by atoms with E-state index < -0.39 is 4.92 Å². The largest absolute Gasteiger partial charge is 0.396 e. The Hall–Kier alpha value is -1.96. The van der Waals surface area contributed by atoms with Gasteiger partial charge in [0.1, 0.15) is 6.33 Å². The zero-order valence-electron chi connectivity index (χ0n) is 8.75. The summed E-state index contributed by atoms with van der Waals surface area (Å²) in [6.07, 6.45) is 1.61. The van der Waals surface area contributed by atoms with Crippen molar-refractivity contribution in [3.63, 3.8) is 0 Å². The first-order valence-electron chi connectivity index (χ1n) is 4.68. The third-order valence-corrected chi connectivity index (χ3v) is 1.98. The molecule has 1 atom stereocenters. The van der Waals surface area contributed by atoms with Crippen LogP contribution < -0.4 is 11.1 Å². The molecule has 1 unspecified atom stereocenters. The molecule has 4 N–H and O–H groups in total. The van der Waals surface area contributed by atoms with E-state index >= 15 is 0 Å². The molecule has 1 heterocycles. The van der Waals surface area contributed by atoms with Crippen LogP contribution in [0.4, 0.5) is 17.3 Å². The number of nitrogens with one attached hydrogen (secondary N) is 1. The highest BCUT2D eigenvalue weighted by atomic mass is 16.6. The molecule has 0 bridgehead atoms. The average Bonchev–Trinajstić information content (AvgIpc) is 2.17. The molecule has 0 radical (unpaired) electrons. The van der Waals surface area contributed by atoms with E-state index in [0.29, 0.717) is 6.42 Å². The van der Waals surface area contributed by atoms with Crippen LogP contribution in [0.15, 0.2) is 6.33 Å². The maximum absolute atomic E-state index is 10.7. The van der Waals surface area contributed by atoms with Crippen LogP contribution in [0, 0.1) is 10.1 Å². The van der Waals surface area contributed by atoms with E-state index in [1.54, 1.807) is 6.92 Å². The van der Waals surface area contributed by atoms with Crippen molar-refractivity contribution < 1.29 is 10.0 Å². The van der Waals surface area contributed by atoms with Crippen LogP contribution in [0.2, 0.25) is 0 Å². The Kier molecular flexibility index (Phi) is 3.95. The van der Waals surface area contributed by atoms with E-state index in [1.165, 1.54) is 0 Å². The Morgan fingerprint density at radius 1 is 1.69 bits per heavy atom. The zero-order valence-corrected chi connectivity index (χ0v) is 8.75. The molecule has 0 aliphatic heterocycles. The number of aliphatic hydroxyl groups is 1. The second kappa shape index (κ2) is 5.21. The number of nitrogens with two attached hydrogens (primary N) is 1. The molecule has 8 heteroatoms. The fourth-order valence-electron chi connectivity index (χ4n) is 1.18. The maximum atomic E-state index is 10.7. The number of nitro groups is 1. The Balaban J connectivity index is 2.95. The highest BCUT2D eigenvalue weighted by Gasteiger charge is 2.21. The first-order valence-corrected chi connectivity index (χ1v) is 4.68. The second-order valence-corrected chi connectivity index (χ2v) is 3.27. The van der Waals surface area contributed by atoms with Gasteiger partial charge in [-0.1, -0.05) is 0 Å². The van der Waals surface area contributed by atoms with Crippen molar-refractivity contribution in [1.29, 1.82) is 0 Å². The Morgan fingerprint density at radius 3 is 2.94 bits per heavy atom. The standard InChI is InChI=1S/C8H13N5O3/c1-5(2-3-14)12-8-6(13(15)16)7(9)10-4-11-8/h4-5,14H,2-3H2,1H3,(H3,9,10,11,12). The van der Waals surface area contributed by atoms with E-state index in [1.807, 2.05) is 0 Å². The van der Waals surface area contributed by atoms with Gasteiger partial charge in [0, 0.05) is 12.6 Å². The van der Waals surface area contributed by atoms with Crippen LogP contribution in [0.25, 0.3) is 0 Å². The normalized spacial score (nSPS) is 12.1. The summed E-state index contributed by atoms with van der Waals surface area (Å²) in [4.78, 5) is 17.4. The molecular weight excluding hydrogens is 214 g/mol. The van der Waals surface area contributed by atoms with Gasteiger partial charge in [-0.3, -0.25) is 10.1 Å². The molecule has 0 aliphatic rings. The van der Waals surface area contributed by atoms with Gasteiger partial charge in [-0.25, -0.2) is 9.97 Å². The molecule has 1 aromatic heterocycles. The molecule has 0 amide bonds. The van der Waals surface area contributed by atoms with Gasteiger partial charge >= 0.3 is 5.69 Å². The smallest absolute Gasteiger partial charge is 0.352 e. The number of rotatable bonds is 5. The van der Waals surface area contributed by atoms with E-state index in [2.05, 4.69) is 15.3 Å². The number of aromatic nitrogens is 2. The fraction of sp³-hybridized carbons (Fsp3) is 0.500. The predicted octanol–water partition coefficient (Wildman–Crippen LogP) is 0.150. The Labute approximate surface area is 91.7 Å². The van der Waals surface area contributed by atoms with Crippen molar-refractivity contribution in [2.45, 2.75) is 19.4 Å². The average molecular weight is 227 g/mol. The van der Waals surface area contributed by atoms with Crippen LogP contribution in [0.1, 0.15) is 13.3 Å². The number of aliphatic hydroxyl groups excluding tert-OH is 1. The van der Waals surface area contributed by atoms with Gasteiger partial charge in [0.25, 0.3) is 0 Å². The lowest BCUT2D eigenvalue weighted by molar-refractivity contribution is -0.383. The quantitative estimate of drug-likeness (QED) is 0.482. The highest BCUT2D eigenvalue weighted by molar-refractivity contribution is 5.67. The van der Waals surface area contributed by atoms with E-state index in [0.717, 1.165) is 6.33 Å². The highest BCUT2D eigenvalue weighted by Crippen LogP contribution is 2.26. The summed E-state index contributed by atoms with van der Waals surface area (Å²) in [5.41, 5.74) is 5.05. The summed E-state index contributed by atoms with van der Waals surface area (Å²) in [5.74, 6) is -0.114. The number of hydrogen-bond donors (Lipinski definition) is 3. The molecule has 1 rings (SSSR count). The van der Waals surface area contributed by atoms with Gasteiger partial charge in [-0.15, -0.1) is 0 Å². The van der Waals surface area contributed by atoms with Crippen molar-refractivity contribution in [3.8, 4) is 0 Å². The first-order chi connectivity index (χ1) is 7.56. The molecule has 0 saturated heterocycles. The molecule has 0 aliphatic carbocycles. The van der Waals surface area contributed by atoms with Gasteiger partial charge in [0.15, 0.2) is 0 Å². The first kappa shape index (κ1) is 12.1. The maximum Gasteiger partial charge on any atom is 0.352 e. The molecule has 0 spiro atoms. The molecule has 16 heavy (non-hydrogen) atoms. The third-order valence-electron chi connectivity index (χ3n) is 1.98. The minimum Gasteiger partial charge on any atom is -0.396 e. The summed E-state index contributed by atoms with van der Waals surface area (Å²) in [7, 11) is 0. The van der Waals surface area contributed by atoms with Crippen molar-refractivity contribution in [1.82, 2.24) is 9.97 Å². The fourth-order valence-corrected chi connectivity index (χ4v) is 1.18. The van der Waals surface area contributed by atoms with Crippen LogP contribution >= 0.6 is 0 Å². The number of hydrogen-bond acceptors (Lipinski definition) is 7. The number of nitrogen functional groups attached to an aromatic ring is 1. The zero-order chi connectivity index (χ0) is 12.1. The minimum atomic E-state index is -0.636. The monoisotopic (exact) mass is 227 g/mol. The summed E-state index contributed by atoms with van der Waals surface area (Å²) >= 11 is 0. The van der Waals surface area contributed by atoms with Gasteiger partial charge in [0.05, 0.1) is 4.92 Å². The lowest BCUT2D eigenvalue weighted by Crippen LogP contribution is -2.19. The van der Waals surface area contributed by atoms with E-state index in [9.17, 15) is 10.1 Å². The van der Waals surface area contributed by atoms with E-state index in [-0.39, 0.29) is 30.0 Å². The summed E-state index contributed by atoms with van der Waals surface area (Å²) < 4.78 is 0. The van der Waals surface area contributed by atoms with Crippen LogP contribution in [0.5, 0.6) is 0 Å². The molecule has 0 fully saturated rings. The lowest BCUT2D eigenvalue weighted by Gasteiger charge is -2.12. The van der Waals surface area contributed by atoms with Crippen LogP contribution in [-0.4, -0.2) is 32.6 Å². The minimum absolute atomic E-state index is 0.0114. The topological polar surface area (TPSA) is 127 Å². The summed E-state index contributed by atoms with van der Waals surface area (Å²) in [6.45, 7) is 1.76. The van der Waals surface area contributed by atoms with Crippen molar-refractivity contribution in [2.75, 3.05) is 17.7 Å². The molecule has 8 nitrogen and oxygen atoms in total. The second-order valence-electron chi connectivity index (χ2n) is 3.27. The SMILES string of the molecule is CC(CCO)Nc1ncnc(N)c1[N+](=O)[O-]. The number of nitrogens with zero attached hydrogens (tertiary/aromatic N) is 3. The van der Waals surface area contributed by atoms with Crippen molar-refractivity contribution >= 4 is 17.3 Å². The molecule has 0 saturated carbocycles. The van der Waals surface area contributed by atoms with Crippen LogP contribution in [-0.2, 0) is 0 Å². The summed E-state index contributed by atoms with van der Waals surface area (Å²) in [5, 5.41) is 22.3. The molecule has 1 aromatic rings. The molecule has 0 aromatic carbocycles. The molecular formula is C8H13N5O3. The summed E-state index contributed by atoms with van der Waals surface area (Å²) in [6, 6.07) is -0.141. The van der Waals surface area contributed by atoms with Gasteiger partial charge in [-0.05, 0) is 13.3 Å². The third kappa shape index (κ3) is 2.76. The van der Waals surface area contributed by atoms with E-state index in [4.69, 9.17) is 10.8 Å². The Bertz CT molecular complexity index is 384. The van der Waals surface area contributed by atoms with Gasteiger partial charge < -0.3 is 16.2 Å². The predicted molar refractivity (Wildman–Crippen MR) is 57.9 cm³/mol.